The molecule has 0 radical (unpaired) electrons. The Morgan fingerprint density at radius 3 is 2.63 bits per heavy atom. The Morgan fingerprint density at radius 1 is 1.10 bits per heavy atom. The molecule has 0 aliphatic carbocycles. The van der Waals surface area contributed by atoms with E-state index in [1.165, 1.54) is 18.1 Å². The van der Waals surface area contributed by atoms with Crippen molar-refractivity contribution in [3.63, 3.8) is 0 Å². The topological polar surface area (TPSA) is 148 Å². The predicted octanol–water partition coefficient (Wildman–Crippen LogP) is 5.26. The standard InChI is InChI=1S/C35H33FN8O5/c1-48-34(46)40-31(24-6-3-2-4-7-24)33(45)43-16-5-8-30(43)32-37-19-29(39-32)23-11-9-22(10-12-23)27-14-13-25(18-28(27)36)44-21-26(49-35(44)47)20-42-17-15-38-41-42/h2-4,6-7,9-15,17-19,26,30-31H,5,8,16,20-21H2,1H3,(H,37,39)(H,40,46)/t26-,30-,31-/m0/s1. The van der Waals surface area contributed by atoms with E-state index in [9.17, 15) is 14.4 Å². The Balaban J connectivity index is 1.04. The number of carbonyl (C=O) groups excluding carboxylic acids is 3. The van der Waals surface area contributed by atoms with Crippen LogP contribution in [0.4, 0.5) is 19.7 Å². The number of likely N-dealkylation sites (tertiary alicyclic amines) is 1. The number of rotatable bonds is 9. The second-order valence-corrected chi connectivity index (χ2v) is 11.8. The minimum absolute atomic E-state index is 0.248. The van der Waals surface area contributed by atoms with E-state index in [0.717, 1.165) is 17.7 Å². The largest absolute Gasteiger partial charge is 0.453 e. The number of benzene rings is 3. The summed E-state index contributed by atoms with van der Waals surface area (Å²) in [6, 6.07) is 19.9. The first kappa shape index (κ1) is 31.5. The molecule has 2 aromatic heterocycles. The van der Waals surface area contributed by atoms with E-state index in [1.54, 1.807) is 52.4 Å². The van der Waals surface area contributed by atoms with Crippen LogP contribution in [0.2, 0.25) is 0 Å². The Hall–Kier alpha value is -6.05. The number of nitrogens with zero attached hydrogens (tertiary/aromatic N) is 6. The van der Waals surface area contributed by atoms with E-state index in [-0.39, 0.29) is 18.5 Å². The van der Waals surface area contributed by atoms with Crippen LogP contribution in [0.5, 0.6) is 0 Å². The van der Waals surface area contributed by atoms with Crippen molar-refractivity contribution in [2.24, 2.45) is 0 Å². The highest BCUT2D eigenvalue weighted by Crippen LogP contribution is 2.35. The fraction of sp³-hybridized carbons (Fsp3) is 0.257. The molecule has 0 bridgehead atoms. The molecule has 3 atom stereocenters. The van der Waals surface area contributed by atoms with Crippen molar-refractivity contribution in [2.45, 2.75) is 37.6 Å². The molecule has 2 fully saturated rings. The van der Waals surface area contributed by atoms with Gasteiger partial charge in [0.2, 0.25) is 0 Å². The summed E-state index contributed by atoms with van der Waals surface area (Å²) in [5.74, 6) is -0.0776. The number of imidazole rings is 1. The molecule has 0 spiro atoms. The maximum atomic E-state index is 15.4. The molecule has 2 aliphatic rings. The third kappa shape index (κ3) is 6.57. The van der Waals surface area contributed by atoms with Crippen LogP contribution >= 0.6 is 0 Å². The van der Waals surface area contributed by atoms with Crippen molar-refractivity contribution >= 4 is 23.8 Å². The molecule has 3 aromatic carbocycles. The number of hydrogen-bond acceptors (Lipinski definition) is 8. The van der Waals surface area contributed by atoms with Gasteiger partial charge in [-0.2, -0.15) is 0 Å². The summed E-state index contributed by atoms with van der Waals surface area (Å²) in [6.45, 7) is 1.14. The molecule has 4 heterocycles. The Labute approximate surface area is 280 Å². The summed E-state index contributed by atoms with van der Waals surface area (Å²) in [6.07, 6.45) is 4.78. The van der Waals surface area contributed by atoms with Gasteiger partial charge in [-0.3, -0.25) is 9.69 Å². The SMILES string of the molecule is COC(=O)N[C@H](C(=O)N1CCC[C@H]1c1ncc(-c2ccc(-c3ccc(N4C[C@H](Cn5ccnn5)OC4=O)cc3F)cc2)[nH]1)c1ccccc1. The molecule has 13 nitrogen and oxygen atoms in total. The van der Waals surface area contributed by atoms with Crippen molar-refractivity contribution in [1.29, 1.82) is 0 Å². The molecule has 250 valence electrons. The molecule has 3 amide bonds. The maximum absolute atomic E-state index is 15.4. The van der Waals surface area contributed by atoms with Gasteiger partial charge in [0.15, 0.2) is 0 Å². The first-order chi connectivity index (χ1) is 23.9. The summed E-state index contributed by atoms with van der Waals surface area (Å²) < 4.78 is 27.2. The predicted molar refractivity (Wildman–Crippen MR) is 175 cm³/mol. The molecule has 0 unspecified atom stereocenters. The molecule has 0 saturated carbocycles. The average Bonchev–Trinajstić information content (AvgIpc) is 3.95. The van der Waals surface area contributed by atoms with Gasteiger partial charge in [0.1, 0.15) is 23.8 Å². The number of methoxy groups -OCH3 is 1. The van der Waals surface area contributed by atoms with Crippen LogP contribution in [-0.4, -0.2) is 74.3 Å². The number of halogens is 1. The number of alkyl carbamates (subject to hydrolysis) is 1. The van der Waals surface area contributed by atoms with E-state index in [0.29, 0.717) is 47.7 Å². The molecule has 2 saturated heterocycles. The number of cyclic esters (lactones) is 1. The molecule has 7 rings (SSSR count). The van der Waals surface area contributed by atoms with Crippen molar-refractivity contribution in [1.82, 2.24) is 35.2 Å². The number of aromatic amines is 1. The van der Waals surface area contributed by atoms with E-state index in [4.69, 9.17) is 9.47 Å². The zero-order chi connectivity index (χ0) is 33.9. The third-order valence-electron chi connectivity index (χ3n) is 8.78. The van der Waals surface area contributed by atoms with Gasteiger partial charge >= 0.3 is 12.2 Å². The Bertz CT molecular complexity index is 1950. The van der Waals surface area contributed by atoms with E-state index in [2.05, 4.69) is 25.6 Å². The number of carbonyl (C=O) groups is 3. The van der Waals surface area contributed by atoms with Crippen LogP contribution in [0.25, 0.3) is 22.4 Å². The summed E-state index contributed by atoms with van der Waals surface area (Å²) in [5, 5.41) is 10.3. The average molecular weight is 665 g/mol. The zero-order valence-electron chi connectivity index (χ0n) is 26.5. The first-order valence-corrected chi connectivity index (χ1v) is 15.9. The first-order valence-electron chi connectivity index (χ1n) is 15.9. The lowest BCUT2D eigenvalue weighted by molar-refractivity contribution is -0.134. The van der Waals surface area contributed by atoms with Crippen LogP contribution < -0.4 is 10.2 Å². The van der Waals surface area contributed by atoms with Gasteiger partial charge in [-0.15, -0.1) is 5.10 Å². The number of aromatic nitrogens is 5. The second-order valence-electron chi connectivity index (χ2n) is 11.8. The quantitative estimate of drug-likeness (QED) is 0.217. The van der Waals surface area contributed by atoms with Crippen LogP contribution in [0, 0.1) is 5.82 Å². The summed E-state index contributed by atoms with van der Waals surface area (Å²) in [7, 11) is 1.26. The van der Waals surface area contributed by atoms with Gasteiger partial charge in [0.25, 0.3) is 5.91 Å². The third-order valence-corrected chi connectivity index (χ3v) is 8.78. The Kier molecular flexibility index (Phi) is 8.75. The number of ether oxygens (including phenoxy) is 2. The minimum atomic E-state index is -0.905. The number of amides is 3. The fourth-order valence-electron chi connectivity index (χ4n) is 6.34. The monoisotopic (exact) mass is 664 g/mol. The number of H-pyrrole nitrogens is 1. The van der Waals surface area contributed by atoms with Gasteiger partial charge in [-0.05, 0) is 47.7 Å². The molecule has 5 aromatic rings. The van der Waals surface area contributed by atoms with Crippen LogP contribution in [-0.2, 0) is 20.8 Å². The highest BCUT2D eigenvalue weighted by Gasteiger charge is 2.37. The van der Waals surface area contributed by atoms with Gasteiger partial charge in [0, 0.05) is 18.3 Å². The van der Waals surface area contributed by atoms with Crippen LogP contribution in [0.1, 0.15) is 36.3 Å². The van der Waals surface area contributed by atoms with E-state index >= 15 is 4.39 Å². The van der Waals surface area contributed by atoms with E-state index in [1.807, 2.05) is 42.5 Å². The van der Waals surface area contributed by atoms with Crippen LogP contribution in [0.3, 0.4) is 0 Å². The lowest BCUT2D eigenvalue weighted by atomic mass is 10.0. The molecule has 49 heavy (non-hydrogen) atoms. The Morgan fingerprint density at radius 2 is 1.90 bits per heavy atom. The molecule has 2 aliphatic heterocycles. The summed E-state index contributed by atoms with van der Waals surface area (Å²) in [5.41, 5.74) is 3.70. The van der Waals surface area contributed by atoms with Crippen molar-refractivity contribution in [2.75, 3.05) is 25.1 Å². The van der Waals surface area contributed by atoms with Crippen molar-refractivity contribution in [3.8, 4) is 22.4 Å². The van der Waals surface area contributed by atoms with E-state index < -0.39 is 30.1 Å². The van der Waals surface area contributed by atoms with Gasteiger partial charge < -0.3 is 24.7 Å². The molecule has 14 heteroatoms. The van der Waals surface area contributed by atoms with Gasteiger partial charge in [-0.1, -0.05) is 59.8 Å². The second kappa shape index (κ2) is 13.6. The summed E-state index contributed by atoms with van der Waals surface area (Å²) >= 11 is 0. The fourth-order valence-corrected chi connectivity index (χ4v) is 6.34. The number of nitrogens with one attached hydrogen (secondary N) is 2. The van der Waals surface area contributed by atoms with Crippen molar-refractivity contribution < 1.29 is 28.2 Å². The highest BCUT2D eigenvalue weighted by molar-refractivity contribution is 5.90. The van der Waals surface area contributed by atoms with Crippen molar-refractivity contribution in [3.05, 3.63) is 109 Å². The zero-order valence-corrected chi connectivity index (χ0v) is 26.5. The summed E-state index contributed by atoms with van der Waals surface area (Å²) in [4.78, 5) is 49.6. The lowest BCUT2D eigenvalue weighted by Gasteiger charge is -2.28. The normalized spacial score (nSPS) is 18.0. The highest BCUT2D eigenvalue weighted by atomic mass is 19.1. The molecule has 2 N–H and O–H groups in total. The minimum Gasteiger partial charge on any atom is -0.453 e. The molecular formula is C35H33FN8O5. The smallest absolute Gasteiger partial charge is 0.414 e. The van der Waals surface area contributed by atoms with Gasteiger partial charge in [-0.25, -0.2) is 23.6 Å². The number of hydrogen-bond donors (Lipinski definition) is 2. The maximum Gasteiger partial charge on any atom is 0.414 e. The number of anilines is 1. The molecular weight excluding hydrogens is 631 g/mol. The van der Waals surface area contributed by atoms with Crippen LogP contribution in [0.15, 0.2) is 91.4 Å². The lowest BCUT2D eigenvalue weighted by Crippen LogP contribution is -2.42. The van der Waals surface area contributed by atoms with Gasteiger partial charge in [0.05, 0.1) is 50.0 Å².